The number of thiocarbonyl (C=S) groups is 1. The van der Waals surface area contributed by atoms with E-state index in [1.54, 1.807) is 20.0 Å². The maximum absolute atomic E-state index is 12.8. The molecule has 0 saturated carbocycles. The molecule has 2 aliphatic rings. The fourth-order valence-corrected chi connectivity index (χ4v) is 5.01. The molecule has 9 nitrogen and oxygen atoms in total. The van der Waals surface area contributed by atoms with Gasteiger partial charge in [-0.05, 0) is 25.1 Å². The average molecular weight is 462 g/mol. The van der Waals surface area contributed by atoms with Crippen LogP contribution in [0, 0.1) is 18.3 Å². The predicted molar refractivity (Wildman–Crippen MR) is 123 cm³/mol. The van der Waals surface area contributed by atoms with E-state index in [9.17, 15) is 19.6 Å². The average Bonchev–Trinajstić information content (AvgIpc) is 3.00. The Kier molecular flexibility index (Phi) is 6.83. The Morgan fingerprint density at radius 2 is 1.94 bits per heavy atom. The first-order valence-electron chi connectivity index (χ1n) is 9.77. The zero-order chi connectivity index (χ0) is 22.9. The number of carbonyl (C=O) groups is 2. The number of carbonyl (C=O) groups excluding carboxylic acids is 1. The Balaban J connectivity index is 2.12. The van der Waals surface area contributed by atoms with Crippen LogP contribution in [0.5, 0.6) is 0 Å². The van der Waals surface area contributed by atoms with E-state index in [1.807, 2.05) is 6.07 Å². The molecule has 1 N–H and O–H groups in total. The number of hydrogen-bond donors (Lipinski definition) is 1. The Morgan fingerprint density at radius 1 is 1.29 bits per heavy atom. The minimum absolute atomic E-state index is 0.0192. The lowest BCUT2D eigenvalue weighted by Gasteiger charge is -2.37. The van der Waals surface area contributed by atoms with Crippen LogP contribution in [0.15, 0.2) is 9.70 Å². The highest BCUT2D eigenvalue weighted by Gasteiger charge is 2.34. The van der Waals surface area contributed by atoms with E-state index >= 15 is 0 Å². The van der Waals surface area contributed by atoms with Crippen molar-refractivity contribution in [3.05, 3.63) is 31.9 Å². The smallest absolute Gasteiger partial charge is 0.323 e. The number of pyridine rings is 1. The van der Waals surface area contributed by atoms with Gasteiger partial charge in [0.1, 0.15) is 28.3 Å². The molecular weight excluding hydrogens is 438 g/mol. The summed E-state index contributed by atoms with van der Waals surface area (Å²) in [6.45, 7) is 7.30. The number of aliphatic carboxylic acids is 1. The molecule has 0 spiro atoms. The summed E-state index contributed by atoms with van der Waals surface area (Å²) in [5, 5.41) is 18.6. The zero-order valence-electron chi connectivity index (χ0n) is 17.5. The fourth-order valence-electron chi connectivity index (χ4n) is 3.77. The summed E-state index contributed by atoms with van der Waals surface area (Å²) in [6, 6.07) is 1.98. The number of aromatic nitrogens is 1. The quantitative estimate of drug-likeness (QED) is 0.507. The van der Waals surface area contributed by atoms with Crippen LogP contribution >= 0.6 is 24.0 Å². The Bertz CT molecular complexity index is 1080. The molecule has 3 rings (SSSR count). The maximum atomic E-state index is 12.8. The molecule has 0 radical (unpaired) electrons. The Morgan fingerprint density at radius 3 is 2.48 bits per heavy atom. The van der Waals surface area contributed by atoms with Gasteiger partial charge in [-0.3, -0.25) is 23.9 Å². The third kappa shape index (κ3) is 4.37. The first-order valence-corrected chi connectivity index (χ1v) is 11.0. The molecule has 1 aromatic heterocycles. The highest BCUT2D eigenvalue weighted by molar-refractivity contribution is 8.26. The molecule has 164 valence electrons. The SMILES string of the molecule is CCN1CCN(c2c(/C=C3/SC(=S)N(CC(=O)O)C3=O)c(C)c(C#N)c(=O)n2C)CC1. The van der Waals surface area contributed by atoms with Gasteiger partial charge >= 0.3 is 5.97 Å². The van der Waals surface area contributed by atoms with Gasteiger partial charge < -0.3 is 14.9 Å². The van der Waals surface area contributed by atoms with Gasteiger partial charge in [-0.15, -0.1) is 0 Å². The summed E-state index contributed by atoms with van der Waals surface area (Å²) in [4.78, 5) is 42.4. The second kappa shape index (κ2) is 9.21. The lowest BCUT2D eigenvalue weighted by atomic mass is 10.0. The predicted octanol–water partition coefficient (Wildman–Crippen LogP) is 0.993. The highest BCUT2D eigenvalue weighted by atomic mass is 32.2. The number of likely N-dealkylation sites (N-methyl/N-ethyl adjacent to an activating group) is 1. The first-order chi connectivity index (χ1) is 14.7. The van der Waals surface area contributed by atoms with E-state index in [4.69, 9.17) is 17.3 Å². The third-order valence-electron chi connectivity index (χ3n) is 5.53. The zero-order valence-corrected chi connectivity index (χ0v) is 19.2. The number of hydrogen-bond acceptors (Lipinski definition) is 8. The summed E-state index contributed by atoms with van der Waals surface area (Å²) in [5.74, 6) is -1.01. The molecule has 0 unspecified atom stereocenters. The van der Waals surface area contributed by atoms with Crippen LogP contribution in [0.2, 0.25) is 0 Å². The number of nitriles is 1. The number of rotatable bonds is 5. The van der Waals surface area contributed by atoms with Crippen LogP contribution in [0.1, 0.15) is 23.6 Å². The van der Waals surface area contributed by atoms with Gasteiger partial charge in [0.05, 0.1) is 4.91 Å². The number of thioether (sulfide) groups is 1. The van der Waals surface area contributed by atoms with Crippen LogP contribution < -0.4 is 10.5 Å². The lowest BCUT2D eigenvalue weighted by Crippen LogP contribution is -2.48. The number of anilines is 1. The number of nitrogens with zero attached hydrogens (tertiary/aromatic N) is 5. The standard InChI is InChI=1S/C20H23N5O4S2/c1-4-23-5-7-24(8-6-23)17-13(12(2)14(10-21)18(28)22(17)3)9-15-19(29)25(11-16(26)27)20(30)31-15/h9H,4-8,11H2,1-3H3,(H,26,27)/b15-9+. The van der Waals surface area contributed by atoms with Crippen molar-refractivity contribution in [2.45, 2.75) is 13.8 Å². The van der Waals surface area contributed by atoms with Gasteiger partial charge in [0.15, 0.2) is 0 Å². The van der Waals surface area contributed by atoms with E-state index in [1.165, 1.54) is 4.57 Å². The number of carboxylic acid groups (broad SMARTS) is 1. The van der Waals surface area contributed by atoms with Gasteiger partial charge in [0, 0.05) is 38.8 Å². The number of carboxylic acids is 1. The van der Waals surface area contributed by atoms with E-state index in [-0.39, 0.29) is 20.3 Å². The molecule has 3 heterocycles. The topological polar surface area (TPSA) is 110 Å². The van der Waals surface area contributed by atoms with Gasteiger partial charge in [0.2, 0.25) is 0 Å². The summed E-state index contributed by atoms with van der Waals surface area (Å²) in [6.07, 6.45) is 1.62. The molecule has 1 aromatic rings. The van der Waals surface area contributed by atoms with E-state index in [0.717, 1.165) is 36.3 Å². The molecular formula is C20H23N5O4S2. The van der Waals surface area contributed by atoms with Crippen LogP contribution in [-0.4, -0.2) is 74.9 Å². The third-order valence-corrected chi connectivity index (χ3v) is 6.91. The van der Waals surface area contributed by atoms with Crippen molar-refractivity contribution in [3.8, 4) is 6.07 Å². The molecule has 0 bridgehead atoms. The fraction of sp³-hybridized carbons (Fsp3) is 0.450. The molecule has 0 atom stereocenters. The van der Waals surface area contributed by atoms with Crippen LogP contribution in [-0.2, 0) is 16.6 Å². The normalized spacial score (nSPS) is 18.7. The van der Waals surface area contributed by atoms with E-state index < -0.39 is 18.4 Å². The van der Waals surface area contributed by atoms with Crippen molar-refractivity contribution >= 4 is 52.1 Å². The Labute approximate surface area is 189 Å². The van der Waals surface area contributed by atoms with Crippen molar-refractivity contribution < 1.29 is 14.7 Å². The molecule has 0 aliphatic carbocycles. The van der Waals surface area contributed by atoms with E-state index in [2.05, 4.69) is 16.7 Å². The minimum Gasteiger partial charge on any atom is -0.480 e. The summed E-state index contributed by atoms with van der Waals surface area (Å²) in [5.41, 5.74) is 0.718. The second-order valence-corrected chi connectivity index (χ2v) is 8.97. The minimum atomic E-state index is -1.16. The summed E-state index contributed by atoms with van der Waals surface area (Å²) >= 11 is 6.20. The van der Waals surface area contributed by atoms with Gasteiger partial charge in [0.25, 0.3) is 11.5 Å². The molecule has 1 amide bonds. The van der Waals surface area contributed by atoms with Crippen molar-refractivity contribution in [2.75, 3.05) is 44.2 Å². The van der Waals surface area contributed by atoms with Crippen LogP contribution in [0.25, 0.3) is 6.08 Å². The Hall–Kier alpha value is -2.68. The van der Waals surface area contributed by atoms with Gasteiger partial charge in [-0.2, -0.15) is 5.26 Å². The number of piperazine rings is 1. The monoisotopic (exact) mass is 461 g/mol. The molecule has 0 aromatic carbocycles. The van der Waals surface area contributed by atoms with Gasteiger partial charge in [-0.25, -0.2) is 0 Å². The van der Waals surface area contributed by atoms with Crippen molar-refractivity contribution in [1.82, 2.24) is 14.4 Å². The largest absolute Gasteiger partial charge is 0.480 e. The van der Waals surface area contributed by atoms with Crippen LogP contribution in [0.3, 0.4) is 0 Å². The summed E-state index contributed by atoms with van der Waals surface area (Å²) < 4.78 is 1.62. The van der Waals surface area contributed by atoms with Crippen molar-refractivity contribution in [3.63, 3.8) is 0 Å². The van der Waals surface area contributed by atoms with Gasteiger partial charge in [-0.1, -0.05) is 30.9 Å². The first kappa shape index (κ1) is 23.0. The number of amides is 1. The van der Waals surface area contributed by atoms with E-state index in [0.29, 0.717) is 30.0 Å². The molecule has 31 heavy (non-hydrogen) atoms. The second-order valence-electron chi connectivity index (χ2n) is 7.30. The molecule has 2 aliphatic heterocycles. The molecule has 2 saturated heterocycles. The summed E-state index contributed by atoms with van der Waals surface area (Å²) in [7, 11) is 1.62. The highest BCUT2D eigenvalue weighted by Crippen LogP contribution is 2.35. The van der Waals surface area contributed by atoms with Crippen molar-refractivity contribution in [2.24, 2.45) is 7.05 Å². The molecule has 11 heteroatoms. The molecule has 2 fully saturated rings. The van der Waals surface area contributed by atoms with Crippen LogP contribution in [0.4, 0.5) is 5.82 Å². The maximum Gasteiger partial charge on any atom is 0.323 e. The van der Waals surface area contributed by atoms with Crippen molar-refractivity contribution in [1.29, 1.82) is 5.26 Å². The lowest BCUT2D eigenvalue weighted by molar-refractivity contribution is -0.140.